The molecular weight excluding hydrogens is 356 g/mol. The number of benzene rings is 2. The van der Waals surface area contributed by atoms with Crippen LogP contribution >= 0.6 is 0 Å². The van der Waals surface area contributed by atoms with E-state index in [0.29, 0.717) is 28.6 Å². The van der Waals surface area contributed by atoms with E-state index < -0.39 is 0 Å². The Balaban J connectivity index is 1.53. The number of nitrogens with one attached hydrogen (secondary N) is 2. The maximum absolute atomic E-state index is 12.1. The summed E-state index contributed by atoms with van der Waals surface area (Å²) in [5.74, 6) is 1.38. The summed E-state index contributed by atoms with van der Waals surface area (Å²) >= 11 is 0. The normalized spacial score (nSPS) is 9.86. The molecule has 0 atom stereocenters. The Bertz CT molecular complexity index is 980. The lowest BCUT2D eigenvalue weighted by molar-refractivity contribution is -0.118. The number of carbonyl (C=O) groups is 1. The van der Waals surface area contributed by atoms with Crippen LogP contribution in [-0.2, 0) is 4.79 Å². The van der Waals surface area contributed by atoms with Crippen LogP contribution in [0.2, 0.25) is 0 Å². The summed E-state index contributed by atoms with van der Waals surface area (Å²) in [6.07, 6.45) is 1.55. The minimum Gasteiger partial charge on any atom is -0.493 e. The van der Waals surface area contributed by atoms with Crippen LogP contribution in [0.4, 0.5) is 17.2 Å². The number of nitriles is 1. The van der Waals surface area contributed by atoms with Gasteiger partial charge in [0.25, 0.3) is 5.91 Å². The average molecular weight is 374 g/mol. The predicted molar refractivity (Wildman–Crippen MR) is 106 cm³/mol. The fourth-order valence-corrected chi connectivity index (χ4v) is 2.40. The Morgan fingerprint density at radius 2 is 1.75 bits per heavy atom. The number of amides is 1. The van der Waals surface area contributed by atoms with Gasteiger partial charge in [-0.1, -0.05) is 12.1 Å². The number of ether oxygens (including phenoxy) is 2. The maximum atomic E-state index is 12.1. The third kappa shape index (κ3) is 4.99. The summed E-state index contributed by atoms with van der Waals surface area (Å²) in [7, 11) is 1.54. The van der Waals surface area contributed by atoms with Crippen LogP contribution in [0.15, 0.2) is 66.9 Å². The van der Waals surface area contributed by atoms with E-state index in [-0.39, 0.29) is 12.5 Å². The molecule has 7 heteroatoms. The van der Waals surface area contributed by atoms with Crippen LogP contribution in [0.5, 0.6) is 11.5 Å². The van der Waals surface area contributed by atoms with Gasteiger partial charge >= 0.3 is 0 Å². The van der Waals surface area contributed by atoms with Crippen molar-refractivity contribution in [3.05, 3.63) is 72.4 Å². The number of hydrogen-bond donors (Lipinski definition) is 2. The van der Waals surface area contributed by atoms with Gasteiger partial charge in [-0.2, -0.15) is 5.26 Å². The molecule has 7 nitrogen and oxygen atoms in total. The van der Waals surface area contributed by atoms with Gasteiger partial charge in [0.05, 0.1) is 30.6 Å². The van der Waals surface area contributed by atoms with Crippen molar-refractivity contribution in [1.82, 2.24) is 4.98 Å². The first-order valence-electron chi connectivity index (χ1n) is 8.47. The van der Waals surface area contributed by atoms with Crippen LogP contribution in [0.1, 0.15) is 5.56 Å². The highest BCUT2D eigenvalue weighted by molar-refractivity contribution is 5.91. The van der Waals surface area contributed by atoms with Gasteiger partial charge < -0.3 is 20.1 Å². The van der Waals surface area contributed by atoms with E-state index in [2.05, 4.69) is 21.7 Å². The Hall–Kier alpha value is -4.05. The van der Waals surface area contributed by atoms with Gasteiger partial charge in [-0.25, -0.2) is 4.98 Å². The summed E-state index contributed by atoms with van der Waals surface area (Å²) in [5.41, 5.74) is 1.96. The number of para-hydroxylation sites is 2. The molecule has 0 aliphatic carbocycles. The molecule has 2 N–H and O–H groups in total. The van der Waals surface area contributed by atoms with Crippen LogP contribution in [0.25, 0.3) is 0 Å². The lowest BCUT2D eigenvalue weighted by atomic mass is 10.2. The van der Waals surface area contributed by atoms with Gasteiger partial charge in [0.2, 0.25) is 0 Å². The summed E-state index contributed by atoms with van der Waals surface area (Å²) < 4.78 is 10.7. The molecule has 0 bridgehead atoms. The molecule has 0 aliphatic heterocycles. The van der Waals surface area contributed by atoms with Crippen molar-refractivity contribution in [3.63, 3.8) is 0 Å². The first-order chi connectivity index (χ1) is 13.7. The van der Waals surface area contributed by atoms with Gasteiger partial charge in [-0.05, 0) is 48.5 Å². The minimum atomic E-state index is -0.305. The van der Waals surface area contributed by atoms with Crippen LogP contribution in [0, 0.1) is 11.3 Å². The zero-order chi connectivity index (χ0) is 19.8. The molecule has 140 valence electrons. The zero-order valence-electron chi connectivity index (χ0n) is 15.2. The molecule has 3 rings (SSSR count). The molecule has 0 aliphatic rings. The molecule has 1 heterocycles. The molecule has 3 aromatic rings. The summed E-state index contributed by atoms with van der Waals surface area (Å²) in [6.45, 7) is -0.147. The minimum absolute atomic E-state index is 0.147. The number of carbonyl (C=O) groups excluding carboxylic acids is 1. The molecular formula is C21H18N4O3. The number of hydrogen-bond acceptors (Lipinski definition) is 6. The highest BCUT2D eigenvalue weighted by atomic mass is 16.5. The van der Waals surface area contributed by atoms with Crippen molar-refractivity contribution in [1.29, 1.82) is 5.26 Å². The smallest absolute Gasteiger partial charge is 0.262 e. The molecule has 0 fully saturated rings. The maximum Gasteiger partial charge on any atom is 0.262 e. The van der Waals surface area contributed by atoms with E-state index >= 15 is 0 Å². The van der Waals surface area contributed by atoms with E-state index in [9.17, 15) is 4.79 Å². The second kappa shape index (κ2) is 9.05. The zero-order valence-corrected chi connectivity index (χ0v) is 15.2. The van der Waals surface area contributed by atoms with Gasteiger partial charge in [0.1, 0.15) is 5.82 Å². The molecule has 0 spiro atoms. The highest BCUT2D eigenvalue weighted by Gasteiger charge is 2.07. The monoisotopic (exact) mass is 374 g/mol. The second-order valence-electron chi connectivity index (χ2n) is 5.73. The molecule has 0 unspecified atom stereocenters. The Kier molecular flexibility index (Phi) is 6.06. The van der Waals surface area contributed by atoms with Crippen LogP contribution < -0.4 is 20.1 Å². The van der Waals surface area contributed by atoms with Crippen molar-refractivity contribution in [3.8, 4) is 17.6 Å². The van der Waals surface area contributed by atoms with Gasteiger partial charge in [0, 0.05) is 5.69 Å². The summed E-state index contributed by atoms with van der Waals surface area (Å²) in [6, 6.07) is 19.7. The fraction of sp³-hybridized carbons (Fsp3) is 0.0952. The number of pyridine rings is 1. The summed E-state index contributed by atoms with van der Waals surface area (Å²) in [5, 5.41) is 14.7. The lowest BCUT2D eigenvalue weighted by Gasteiger charge is -2.11. The standard InChI is InChI=1S/C21H18N4O3/c1-27-18-4-2-3-5-19(18)28-14-21(26)25-17-10-11-20(23-13-17)24-16-8-6-15(12-22)7-9-16/h2-11,13H,14H2,1H3,(H,23,24)(H,25,26). The van der Waals surface area contributed by atoms with Gasteiger partial charge in [0.15, 0.2) is 18.1 Å². The van der Waals surface area contributed by atoms with Crippen molar-refractivity contribution in [2.24, 2.45) is 0 Å². The molecule has 1 aromatic heterocycles. The van der Waals surface area contributed by atoms with Crippen LogP contribution in [0.3, 0.4) is 0 Å². The van der Waals surface area contributed by atoms with Crippen molar-refractivity contribution >= 4 is 23.1 Å². The third-order valence-electron chi connectivity index (χ3n) is 3.76. The Morgan fingerprint density at radius 3 is 2.39 bits per heavy atom. The van der Waals surface area contributed by atoms with Crippen molar-refractivity contribution < 1.29 is 14.3 Å². The van der Waals surface area contributed by atoms with Crippen molar-refractivity contribution in [2.45, 2.75) is 0 Å². The first kappa shape index (κ1) is 18.7. The molecule has 1 amide bonds. The quantitative estimate of drug-likeness (QED) is 0.654. The largest absolute Gasteiger partial charge is 0.493 e. The SMILES string of the molecule is COc1ccccc1OCC(=O)Nc1ccc(Nc2ccc(C#N)cc2)nc1. The predicted octanol–water partition coefficient (Wildman–Crippen LogP) is 3.72. The van der Waals surface area contributed by atoms with Gasteiger partial charge in [-0.15, -0.1) is 0 Å². The summed E-state index contributed by atoms with van der Waals surface area (Å²) in [4.78, 5) is 16.3. The molecule has 28 heavy (non-hydrogen) atoms. The Labute approximate surface area is 162 Å². The first-order valence-corrected chi connectivity index (χ1v) is 8.47. The number of nitrogens with zero attached hydrogens (tertiary/aromatic N) is 2. The highest BCUT2D eigenvalue weighted by Crippen LogP contribution is 2.25. The van der Waals surface area contributed by atoms with E-state index in [4.69, 9.17) is 14.7 Å². The lowest BCUT2D eigenvalue weighted by Crippen LogP contribution is -2.20. The fourth-order valence-electron chi connectivity index (χ4n) is 2.40. The number of anilines is 3. The van der Waals surface area contributed by atoms with Crippen molar-refractivity contribution in [2.75, 3.05) is 24.4 Å². The van der Waals surface area contributed by atoms with E-state index in [0.717, 1.165) is 5.69 Å². The number of methoxy groups -OCH3 is 1. The van der Waals surface area contributed by atoms with Gasteiger partial charge in [-0.3, -0.25) is 4.79 Å². The second-order valence-corrected chi connectivity index (χ2v) is 5.73. The number of rotatable bonds is 7. The molecule has 0 saturated carbocycles. The molecule has 2 aromatic carbocycles. The van der Waals surface area contributed by atoms with E-state index in [1.54, 1.807) is 67.9 Å². The average Bonchev–Trinajstić information content (AvgIpc) is 2.74. The molecule has 0 saturated heterocycles. The topological polar surface area (TPSA) is 96.3 Å². The van der Waals surface area contributed by atoms with E-state index in [1.807, 2.05) is 6.07 Å². The number of aromatic nitrogens is 1. The Morgan fingerprint density at radius 1 is 1.04 bits per heavy atom. The van der Waals surface area contributed by atoms with E-state index in [1.165, 1.54) is 0 Å². The third-order valence-corrected chi connectivity index (χ3v) is 3.76. The molecule has 0 radical (unpaired) electrons. The van der Waals surface area contributed by atoms with Crippen LogP contribution in [-0.4, -0.2) is 24.6 Å².